The summed E-state index contributed by atoms with van der Waals surface area (Å²) in [5.41, 5.74) is 4.15. The highest BCUT2D eigenvalue weighted by atomic mass is 16.5. The van der Waals surface area contributed by atoms with Crippen LogP contribution < -0.4 is 5.32 Å². The van der Waals surface area contributed by atoms with E-state index in [1.54, 1.807) is 0 Å². The third-order valence-corrected chi connectivity index (χ3v) is 5.75. The van der Waals surface area contributed by atoms with Crippen molar-refractivity contribution in [3.05, 3.63) is 82.7 Å². The zero-order chi connectivity index (χ0) is 23.0. The zero-order valence-electron chi connectivity index (χ0n) is 18.2. The Labute approximate surface area is 193 Å². The van der Waals surface area contributed by atoms with Crippen LogP contribution in [0.2, 0.25) is 0 Å². The molecule has 3 aromatic rings. The summed E-state index contributed by atoms with van der Waals surface area (Å²) in [6.45, 7) is 2.31. The normalized spacial score (nSPS) is 16.2. The highest BCUT2D eigenvalue weighted by Gasteiger charge is 2.17. The molecule has 33 heavy (non-hydrogen) atoms. The minimum Gasteiger partial charge on any atom is -0.503 e. The van der Waals surface area contributed by atoms with Crippen LogP contribution >= 0.6 is 0 Å². The van der Waals surface area contributed by atoms with E-state index in [4.69, 9.17) is 4.74 Å². The molecule has 1 aliphatic heterocycles. The second-order valence-electron chi connectivity index (χ2n) is 8.12. The van der Waals surface area contributed by atoms with Crippen molar-refractivity contribution in [2.24, 2.45) is 0 Å². The van der Waals surface area contributed by atoms with E-state index in [1.807, 2.05) is 36.4 Å². The number of hydrogen-bond donors (Lipinski definition) is 4. The van der Waals surface area contributed by atoms with Crippen molar-refractivity contribution in [3.8, 4) is 23.3 Å². The summed E-state index contributed by atoms with van der Waals surface area (Å²) >= 11 is 0. The lowest BCUT2D eigenvalue weighted by molar-refractivity contribution is 0.190. The Morgan fingerprint density at radius 1 is 1.03 bits per heavy atom. The number of nitrogens with one attached hydrogen (secondary N) is 1. The number of aliphatic hydroxyl groups excluding tert-OH is 1. The lowest BCUT2D eigenvalue weighted by Gasteiger charge is -2.15. The third kappa shape index (κ3) is 6.08. The minimum atomic E-state index is -0.324. The van der Waals surface area contributed by atoms with Gasteiger partial charge in [0.05, 0.1) is 19.4 Å². The van der Waals surface area contributed by atoms with E-state index in [9.17, 15) is 15.3 Å². The maximum Gasteiger partial charge on any atom is 0.183 e. The largest absolute Gasteiger partial charge is 0.503 e. The van der Waals surface area contributed by atoms with Gasteiger partial charge in [-0.25, -0.2) is 0 Å². The van der Waals surface area contributed by atoms with Crippen LogP contribution in [0.15, 0.2) is 54.7 Å². The quantitative estimate of drug-likeness (QED) is 0.414. The first kappa shape index (κ1) is 22.7. The van der Waals surface area contributed by atoms with Crippen LogP contribution in [-0.2, 0) is 17.7 Å². The molecule has 0 spiro atoms. The molecule has 0 saturated carbocycles. The van der Waals surface area contributed by atoms with Crippen LogP contribution in [0.5, 0.6) is 11.5 Å². The fraction of sp³-hybridized carbons (Fsp3) is 0.308. The molecular formula is C26H27N3O4. The summed E-state index contributed by atoms with van der Waals surface area (Å²) in [6, 6.07) is 16.3. The molecule has 1 saturated heterocycles. The van der Waals surface area contributed by atoms with Crippen molar-refractivity contribution in [3.63, 3.8) is 0 Å². The predicted molar refractivity (Wildman–Crippen MR) is 124 cm³/mol. The van der Waals surface area contributed by atoms with E-state index in [0.717, 1.165) is 49.1 Å². The molecular weight excluding hydrogens is 418 g/mol. The number of hydrogen-bond acceptors (Lipinski definition) is 7. The smallest absolute Gasteiger partial charge is 0.183 e. The van der Waals surface area contributed by atoms with E-state index in [0.29, 0.717) is 6.04 Å². The Morgan fingerprint density at radius 2 is 1.73 bits per heavy atom. The maximum absolute atomic E-state index is 9.95. The second kappa shape index (κ2) is 10.9. The summed E-state index contributed by atoms with van der Waals surface area (Å²) in [5.74, 6) is 5.43. The van der Waals surface area contributed by atoms with Crippen LogP contribution in [0.3, 0.4) is 0 Å². The molecule has 0 aliphatic carbocycles. The van der Waals surface area contributed by atoms with Gasteiger partial charge in [-0.1, -0.05) is 36.1 Å². The molecule has 4 rings (SSSR count). The molecule has 0 radical (unpaired) electrons. The lowest BCUT2D eigenvalue weighted by atomic mass is 9.94. The zero-order valence-corrected chi connectivity index (χ0v) is 18.2. The first-order valence-corrected chi connectivity index (χ1v) is 11.0. The fourth-order valence-electron chi connectivity index (χ4n) is 3.71. The van der Waals surface area contributed by atoms with E-state index < -0.39 is 0 Å². The monoisotopic (exact) mass is 445 g/mol. The van der Waals surface area contributed by atoms with Crippen molar-refractivity contribution >= 4 is 0 Å². The first-order chi connectivity index (χ1) is 16.1. The highest BCUT2D eigenvalue weighted by molar-refractivity contribution is 5.45. The Kier molecular flexibility index (Phi) is 7.53. The molecule has 1 aliphatic rings. The van der Waals surface area contributed by atoms with Gasteiger partial charge in [-0.15, -0.1) is 0 Å². The molecule has 7 heteroatoms. The Bertz CT molecular complexity index is 1120. The van der Waals surface area contributed by atoms with Gasteiger partial charge in [0.15, 0.2) is 11.5 Å². The van der Waals surface area contributed by atoms with Crippen molar-refractivity contribution < 1.29 is 20.1 Å². The third-order valence-electron chi connectivity index (χ3n) is 5.75. The van der Waals surface area contributed by atoms with Gasteiger partial charge in [0.2, 0.25) is 0 Å². The highest BCUT2D eigenvalue weighted by Crippen LogP contribution is 2.29. The predicted octanol–water partition coefficient (Wildman–Crippen LogP) is 2.48. The summed E-state index contributed by atoms with van der Waals surface area (Å²) in [5, 5.41) is 40.4. The van der Waals surface area contributed by atoms with Crippen LogP contribution in [-0.4, -0.2) is 51.4 Å². The fourth-order valence-corrected chi connectivity index (χ4v) is 3.71. The molecule has 2 heterocycles. The van der Waals surface area contributed by atoms with E-state index >= 15 is 0 Å². The van der Waals surface area contributed by atoms with Crippen LogP contribution in [0.4, 0.5) is 0 Å². The molecule has 0 bridgehead atoms. The number of aromatic nitrogens is 2. The van der Waals surface area contributed by atoms with Gasteiger partial charge in [-0.3, -0.25) is 0 Å². The van der Waals surface area contributed by atoms with Gasteiger partial charge < -0.3 is 25.4 Å². The maximum atomic E-state index is 9.95. The summed E-state index contributed by atoms with van der Waals surface area (Å²) in [6.07, 6.45) is 2.40. The van der Waals surface area contributed by atoms with Crippen LogP contribution in [0.25, 0.3) is 0 Å². The van der Waals surface area contributed by atoms with Crippen molar-refractivity contribution in [1.82, 2.24) is 15.5 Å². The van der Waals surface area contributed by atoms with Crippen LogP contribution in [0, 0.1) is 11.8 Å². The van der Waals surface area contributed by atoms with Gasteiger partial charge in [0, 0.05) is 42.7 Å². The topological polar surface area (TPSA) is 108 Å². The number of ether oxygens (including phenoxy) is 1. The molecule has 0 amide bonds. The van der Waals surface area contributed by atoms with Crippen molar-refractivity contribution in [2.45, 2.75) is 31.3 Å². The van der Waals surface area contributed by atoms with E-state index in [1.165, 1.54) is 5.56 Å². The Balaban J connectivity index is 1.36. The van der Waals surface area contributed by atoms with Gasteiger partial charge >= 0.3 is 0 Å². The summed E-state index contributed by atoms with van der Waals surface area (Å²) < 4.78 is 5.38. The molecule has 7 nitrogen and oxygen atoms in total. The average molecular weight is 446 g/mol. The molecule has 2 aromatic carbocycles. The van der Waals surface area contributed by atoms with Gasteiger partial charge in [-0.05, 0) is 41.8 Å². The SMILES string of the molecule is OC[C@@H](Cc1nncc(O)c1O)c1ccc(C#Cc2ccc(CN[C@H]3CCOC3)cc2)cc1. The average Bonchev–Trinajstić information content (AvgIpc) is 3.37. The molecule has 0 unspecified atom stereocenters. The van der Waals surface area contributed by atoms with E-state index in [-0.39, 0.29) is 36.1 Å². The van der Waals surface area contributed by atoms with Gasteiger partial charge in [0.25, 0.3) is 0 Å². The summed E-state index contributed by atoms with van der Waals surface area (Å²) in [4.78, 5) is 0. The van der Waals surface area contributed by atoms with E-state index in [2.05, 4.69) is 39.5 Å². The lowest BCUT2D eigenvalue weighted by Crippen LogP contribution is -2.28. The first-order valence-electron chi connectivity index (χ1n) is 11.0. The number of benzene rings is 2. The van der Waals surface area contributed by atoms with Crippen molar-refractivity contribution in [1.29, 1.82) is 0 Å². The summed E-state index contributed by atoms with van der Waals surface area (Å²) in [7, 11) is 0. The van der Waals surface area contributed by atoms with Gasteiger partial charge in [-0.2, -0.15) is 10.2 Å². The molecule has 4 N–H and O–H groups in total. The van der Waals surface area contributed by atoms with Crippen molar-refractivity contribution in [2.75, 3.05) is 19.8 Å². The molecule has 2 atom stereocenters. The Hall–Kier alpha value is -3.44. The molecule has 170 valence electrons. The standard InChI is InChI=1S/C26H27N3O4/c30-16-22(13-24-26(32)25(31)15-28-29-24)21-9-7-19(8-10-21)2-1-18-3-5-20(6-4-18)14-27-23-11-12-33-17-23/h3-10,15,22-23,27,30H,11-14,16-17H2,(H,28,32)(H,29,31)/t22-,23+/m1/s1. The number of rotatable bonds is 7. The Morgan fingerprint density at radius 3 is 2.36 bits per heavy atom. The van der Waals surface area contributed by atoms with Crippen LogP contribution in [0.1, 0.15) is 40.3 Å². The van der Waals surface area contributed by atoms with Gasteiger partial charge in [0.1, 0.15) is 5.69 Å². The number of nitrogens with zero attached hydrogens (tertiary/aromatic N) is 2. The minimum absolute atomic E-state index is 0.128. The second-order valence-corrected chi connectivity index (χ2v) is 8.12. The number of aromatic hydroxyl groups is 2. The number of aliphatic hydroxyl groups is 1. The molecule has 1 aromatic heterocycles. The molecule has 1 fully saturated rings.